The summed E-state index contributed by atoms with van der Waals surface area (Å²) in [5, 5.41) is 5.13. The molecule has 0 aliphatic carbocycles. The van der Waals surface area contributed by atoms with Gasteiger partial charge in [0.25, 0.3) is 0 Å². The molecule has 0 bridgehead atoms. The Morgan fingerprint density at radius 3 is 1.41 bits per heavy atom. The molecule has 0 spiro atoms. The van der Waals surface area contributed by atoms with Crippen LogP contribution in [0.2, 0.25) is 0 Å². The highest BCUT2D eigenvalue weighted by Gasteiger charge is 2.24. The molecule has 5 aromatic rings. The largest absolute Gasteiger partial charge is 0.289 e. The number of benzene rings is 1. The Hall–Kier alpha value is -1.08. The molecule has 0 saturated carbocycles. The number of halogens is 2. The molecule has 0 fully saturated rings. The van der Waals surface area contributed by atoms with E-state index in [1.807, 2.05) is 12.1 Å². The molecule has 5 rings (SSSR count). The Balaban J connectivity index is 1.65. The minimum absolute atomic E-state index is 0.122. The lowest BCUT2D eigenvalue weighted by Crippen LogP contribution is -1.99. The van der Waals surface area contributed by atoms with Crippen LogP contribution in [0.3, 0.4) is 0 Å². The second-order valence-corrected chi connectivity index (χ2v) is 14.0. The third-order valence-corrected chi connectivity index (χ3v) is 11.1. The second-order valence-electron chi connectivity index (χ2n) is 9.34. The summed E-state index contributed by atoms with van der Waals surface area (Å²) in [5.74, 6) is 0. The van der Waals surface area contributed by atoms with Gasteiger partial charge in [-0.2, -0.15) is 0 Å². The molecule has 34 heavy (non-hydrogen) atoms. The molecule has 0 atom stereocenters. The number of unbranched alkanes of at least 4 members (excludes halogenated alkanes) is 6. The third kappa shape index (κ3) is 4.03. The maximum atomic E-state index is 13.6. The second kappa shape index (κ2) is 10.1. The van der Waals surface area contributed by atoms with E-state index in [-0.39, 0.29) is 10.9 Å². The molecule has 0 aliphatic rings. The molecule has 2 nitrogen and oxygen atoms in total. The highest BCUT2D eigenvalue weighted by atomic mass is 79.9. The van der Waals surface area contributed by atoms with Gasteiger partial charge in [-0.1, -0.05) is 52.4 Å². The summed E-state index contributed by atoms with van der Waals surface area (Å²) in [6, 6.07) is 4.00. The lowest BCUT2D eigenvalue weighted by atomic mass is 10.1. The van der Waals surface area contributed by atoms with Crippen molar-refractivity contribution < 1.29 is 0 Å². The molecule has 2 heterocycles. The molecule has 0 amide bonds. The van der Waals surface area contributed by atoms with Crippen molar-refractivity contribution >= 4 is 96.3 Å². The van der Waals surface area contributed by atoms with Crippen molar-refractivity contribution in [1.29, 1.82) is 0 Å². The Morgan fingerprint density at radius 2 is 1.03 bits per heavy atom. The van der Waals surface area contributed by atoms with Gasteiger partial charge in [-0.3, -0.25) is 9.59 Å². The molecule has 0 unspecified atom stereocenters. The summed E-state index contributed by atoms with van der Waals surface area (Å²) in [4.78, 5) is 27.1. The zero-order valence-electron chi connectivity index (χ0n) is 19.6. The summed E-state index contributed by atoms with van der Waals surface area (Å²) in [7, 11) is 0. The molecule has 0 saturated heterocycles. The van der Waals surface area contributed by atoms with Crippen LogP contribution in [-0.2, 0) is 12.8 Å². The van der Waals surface area contributed by atoms with E-state index < -0.39 is 0 Å². The Morgan fingerprint density at radius 1 is 0.618 bits per heavy atom. The first-order valence-corrected chi connectivity index (χ1v) is 15.6. The molecular formula is C28H28Br2O2S2. The predicted molar refractivity (Wildman–Crippen MR) is 158 cm³/mol. The summed E-state index contributed by atoms with van der Waals surface area (Å²) < 4.78 is 4.20. The van der Waals surface area contributed by atoms with Crippen LogP contribution in [0.5, 0.6) is 0 Å². The summed E-state index contributed by atoms with van der Waals surface area (Å²) >= 11 is 10.8. The van der Waals surface area contributed by atoms with Crippen molar-refractivity contribution in [2.24, 2.45) is 0 Å². The summed E-state index contributed by atoms with van der Waals surface area (Å²) in [5.41, 5.74) is 2.54. The molecule has 0 N–H and O–H groups in total. The molecule has 3 aromatic carbocycles. The van der Waals surface area contributed by atoms with Gasteiger partial charge in [-0.25, -0.2) is 0 Å². The Bertz CT molecular complexity index is 1480. The average molecular weight is 620 g/mol. The van der Waals surface area contributed by atoms with Gasteiger partial charge in [-0.05, 0) is 80.8 Å². The lowest BCUT2D eigenvalue weighted by Gasteiger charge is -1.99. The van der Waals surface area contributed by atoms with Gasteiger partial charge in [0.2, 0.25) is 0 Å². The van der Waals surface area contributed by atoms with Gasteiger partial charge in [0.1, 0.15) is 0 Å². The fraction of sp³-hybridized carbons (Fsp3) is 0.429. The topological polar surface area (TPSA) is 34.1 Å². The van der Waals surface area contributed by atoms with Crippen molar-refractivity contribution in [3.63, 3.8) is 0 Å². The van der Waals surface area contributed by atoms with Crippen LogP contribution in [0.15, 0.2) is 29.3 Å². The van der Waals surface area contributed by atoms with Crippen molar-refractivity contribution in [3.05, 3.63) is 51.3 Å². The van der Waals surface area contributed by atoms with Crippen molar-refractivity contribution in [2.75, 3.05) is 0 Å². The van der Waals surface area contributed by atoms with Crippen LogP contribution < -0.4 is 10.9 Å². The molecule has 0 aliphatic heterocycles. The monoisotopic (exact) mass is 618 g/mol. The number of fused-ring (bicyclic) bond motifs is 6. The first-order chi connectivity index (χ1) is 16.5. The number of rotatable bonds is 10. The van der Waals surface area contributed by atoms with Crippen molar-refractivity contribution in [1.82, 2.24) is 0 Å². The maximum Gasteiger partial charge on any atom is 0.195 e. The van der Waals surface area contributed by atoms with E-state index in [0.29, 0.717) is 0 Å². The highest BCUT2D eigenvalue weighted by Crippen LogP contribution is 2.44. The van der Waals surface area contributed by atoms with Crippen LogP contribution in [0.1, 0.15) is 76.3 Å². The zero-order chi connectivity index (χ0) is 24.0. The summed E-state index contributed by atoms with van der Waals surface area (Å²) in [6.45, 7) is 4.43. The number of aryl methyl sites for hydroxylation is 2. The minimum Gasteiger partial charge on any atom is -0.289 e. The molecular weight excluding hydrogens is 592 g/mol. The summed E-state index contributed by atoms with van der Waals surface area (Å²) in [6.07, 6.45) is 11.3. The molecule has 2 aromatic heterocycles. The van der Waals surface area contributed by atoms with Gasteiger partial charge in [0, 0.05) is 41.7 Å². The Labute approximate surface area is 224 Å². The molecule has 6 heteroatoms. The van der Waals surface area contributed by atoms with Gasteiger partial charge < -0.3 is 0 Å². The van der Waals surface area contributed by atoms with E-state index in [2.05, 4.69) is 45.7 Å². The fourth-order valence-corrected chi connectivity index (χ4v) is 9.23. The quantitative estimate of drug-likeness (QED) is 0.146. The van der Waals surface area contributed by atoms with E-state index in [9.17, 15) is 9.59 Å². The van der Waals surface area contributed by atoms with Crippen LogP contribution >= 0.6 is 54.5 Å². The molecule has 0 radical (unpaired) electrons. The van der Waals surface area contributed by atoms with Crippen LogP contribution in [0, 0.1) is 0 Å². The number of hydrogen-bond donors (Lipinski definition) is 0. The predicted octanol–water partition coefficient (Wildman–Crippen LogP) is 9.79. The Kier molecular flexibility index (Phi) is 7.32. The van der Waals surface area contributed by atoms with E-state index in [1.54, 1.807) is 22.7 Å². The van der Waals surface area contributed by atoms with Gasteiger partial charge >= 0.3 is 0 Å². The van der Waals surface area contributed by atoms with Crippen LogP contribution in [0.25, 0.3) is 41.7 Å². The SMILES string of the molecule is CCCCCCc1c(Br)sc2c1c(=O)c1cc3c(cc12)c(=O)c1c(CCCCCC)c(Br)sc13. The normalized spacial score (nSPS) is 12.4. The first kappa shape index (κ1) is 24.6. The zero-order valence-corrected chi connectivity index (χ0v) is 24.4. The van der Waals surface area contributed by atoms with Crippen molar-refractivity contribution in [2.45, 2.75) is 78.1 Å². The number of thiophene rings is 2. The maximum absolute atomic E-state index is 13.6. The lowest BCUT2D eigenvalue weighted by molar-refractivity contribution is 0.668. The van der Waals surface area contributed by atoms with Gasteiger partial charge in [0.15, 0.2) is 10.9 Å². The van der Waals surface area contributed by atoms with Gasteiger partial charge in [0.05, 0.1) is 7.57 Å². The third-order valence-electron chi connectivity index (χ3n) is 7.07. The highest BCUT2D eigenvalue weighted by molar-refractivity contribution is 9.11. The smallest absolute Gasteiger partial charge is 0.195 e. The van der Waals surface area contributed by atoms with Crippen LogP contribution in [0.4, 0.5) is 0 Å². The molecule has 178 valence electrons. The van der Waals surface area contributed by atoms with Crippen LogP contribution in [-0.4, -0.2) is 0 Å². The minimum atomic E-state index is 0.122. The number of hydrogen-bond acceptors (Lipinski definition) is 4. The van der Waals surface area contributed by atoms with E-state index in [4.69, 9.17) is 0 Å². The fourth-order valence-electron chi connectivity index (χ4n) is 5.26. The van der Waals surface area contributed by atoms with Crippen molar-refractivity contribution in [3.8, 4) is 0 Å². The van der Waals surface area contributed by atoms with E-state index in [0.717, 1.165) is 86.1 Å². The standard InChI is InChI=1S/C28H28Br2O2S2/c1-3-5-7-9-11-15-21-23(31)17-13-20-18(14-19(17)25(21)33-27(15)29)24(32)22-16(12-10-8-6-4-2)28(30)34-26(20)22/h13-14H,3-12H2,1-2H3. The van der Waals surface area contributed by atoms with Gasteiger partial charge in [-0.15, -0.1) is 22.7 Å². The average Bonchev–Trinajstić information content (AvgIpc) is 3.49. The van der Waals surface area contributed by atoms with E-state index >= 15 is 0 Å². The first-order valence-electron chi connectivity index (χ1n) is 12.4. The van der Waals surface area contributed by atoms with E-state index in [1.165, 1.54) is 38.5 Å².